The lowest BCUT2D eigenvalue weighted by molar-refractivity contribution is 0.0931. The van der Waals surface area contributed by atoms with Crippen LogP contribution in [0.15, 0.2) is 53.4 Å². The number of nitrogens with zero attached hydrogens (tertiary/aromatic N) is 3. The molecular weight excluding hydrogens is 439 g/mol. The van der Waals surface area contributed by atoms with Gasteiger partial charge in [-0.25, -0.2) is 14.4 Å². The Morgan fingerprint density at radius 3 is 2.83 bits per heavy atom. The molecular formula is C21H18BrFN4O2. The zero-order valence-electron chi connectivity index (χ0n) is 15.8. The summed E-state index contributed by atoms with van der Waals surface area (Å²) in [6, 6.07) is 10.5. The molecule has 4 aromatic rings. The molecule has 2 aromatic heterocycles. The van der Waals surface area contributed by atoms with E-state index in [-0.39, 0.29) is 6.10 Å². The molecule has 0 saturated heterocycles. The Hall–Kier alpha value is -2.84. The van der Waals surface area contributed by atoms with Gasteiger partial charge in [0.15, 0.2) is 5.82 Å². The summed E-state index contributed by atoms with van der Waals surface area (Å²) >= 11 is 3.48. The van der Waals surface area contributed by atoms with Gasteiger partial charge in [-0.1, -0.05) is 15.9 Å². The number of aromatic nitrogens is 3. The molecule has 4 rings (SSSR count). The highest BCUT2D eigenvalue weighted by Crippen LogP contribution is 2.36. The number of fused-ring (bicyclic) bond motifs is 2. The number of nitrogens with one attached hydrogen (secondary N) is 1. The first kappa shape index (κ1) is 19.5. The van der Waals surface area contributed by atoms with Gasteiger partial charge in [0.05, 0.1) is 28.7 Å². The number of rotatable bonds is 6. The van der Waals surface area contributed by atoms with Crippen LogP contribution in [0.1, 0.15) is 6.92 Å². The van der Waals surface area contributed by atoms with Gasteiger partial charge in [-0.05, 0) is 43.3 Å². The molecule has 0 aliphatic rings. The summed E-state index contributed by atoms with van der Waals surface area (Å²) in [6.07, 6.45) is 2.88. The highest BCUT2D eigenvalue weighted by Gasteiger charge is 2.16. The monoisotopic (exact) mass is 456 g/mol. The van der Waals surface area contributed by atoms with E-state index in [1.165, 1.54) is 6.33 Å². The van der Waals surface area contributed by atoms with Crippen LogP contribution in [0.3, 0.4) is 0 Å². The third-order valence-electron chi connectivity index (χ3n) is 4.37. The van der Waals surface area contributed by atoms with Gasteiger partial charge in [0.25, 0.3) is 0 Å². The molecule has 0 fully saturated rings. The van der Waals surface area contributed by atoms with Crippen molar-refractivity contribution < 1.29 is 13.9 Å². The summed E-state index contributed by atoms with van der Waals surface area (Å²) in [5.41, 5.74) is 1.55. The molecule has 2 heterocycles. The van der Waals surface area contributed by atoms with E-state index in [9.17, 15) is 0 Å². The van der Waals surface area contributed by atoms with Crippen LogP contribution in [0, 0.1) is 5.82 Å². The van der Waals surface area contributed by atoms with Gasteiger partial charge in [-0.15, -0.1) is 0 Å². The molecule has 0 amide bonds. The minimum Gasteiger partial charge on any atom is -0.487 e. The maximum atomic E-state index is 15.0. The molecule has 29 heavy (non-hydrogen) atoms. The summed E-state index contributed by atoms with van der Waals surface area (Å²) < 4.78 is 27.1. The number of ether oxygens (including phenoxy) is 2. The quantitative estimate of drug-likeness (QED) is 0.427. The Morgan fingerprint density at radius 1 is 1.14 bits per heavy atom. The van der Waals surface area contributed by atoms with Gasteiger partial charge in [0.1, 0.15) is 24.0 Å². The van der Waals surface area contributed by atoms with Crippen molar-refractivity contribution in [3.63, 3.8) is 0 Å². The number of hydrogen-bond donors (Lipinski definition) is 1. The SMILES string of the molecule is COC[C@@H](C)Oc1cc(Br)cc2ncnc(Nc3ccc4ncccc4c3F)c12. The Bertz CT molecular complexity index is 1190. The summed E-state index contributed by atoms with van der Waals surface area (Å²) in [4.78, 5) is 12.9. The van der Waals surface area contributed by atoms with E-state index in [1.54, 1.807) is 37.6 Å². The topological polar surface area (TPSA) is 69.2 Å². The molecule has 0 unspecified atom stereocenters. The van der Waals surface area contributed by atoms with Crippen LogP contribution in [0.25, 0.3) is 21.8 Å². The zero-order valence-corrected chi connectivity index (χ0v) is 17.4. The number of anilines is 2. The van der Waals surface area contributed by atoms with Crippen LogP contribution in [-0.4, -0.2) is 34.8 Å². The van der Waals surface area contributed by atoms with Crippen molar-refractivity contribution in [3.8, 4) is 5.75 Å². The van der Waals surface area contributed by atoms with Crippen molar-refractivity contribution in [1.29, 1.82) is 0 Å². The maximum absolute atomic E-state index is 15.0. The molecule has 8 heteroatoms. The van der Waals surface area contributed by atoms with Crippen LogP contribution in [0.5, 0.6) is 5.75 Å². The molecule has 2 aromatic carbocycles. The summed E-state index contributed by atoms with van der Waals surface area (Å²) in [6.45, 7) is 2.33. The average molecular weight is 457 g/mol. The van der Waals surface area contributed by atoms with Crippen LogP contribution in [0.2, 0.25) is 0 Å². The van der Waals surface area contributed by atoms with E-state index in [2.05, 4.69) is 36.2 Å². The predicted octanol–water partition coefficient (Wildman–Crippen LogP) is 5.24. The highest BCUT2D eigenvalue weighted by molar-refractivity contribution is 9.10. The summed E-state index contributed by atoms with van der Waals surface area (Å²) in [7, 11) is 1.62. The molecule has 0 spiro atoms. The van der Waals surface area contributed by atoms with Crippen molar-refractivity contribution in [1.82, 2.24) is 15.0 Å². The molecule has 6 nitrogen and oxygen atoms in total. The molecule has 148 valence electrons. The lowest BCUT2D eigenvalue weighted by Crippen LogP contribution is -2.18. The largest absolute Gasteiger partial charge is 0.487 e. The fraction of sp³-hybridized carbons (Fsp3) is 0.190. The normalized spacial score (nSPS) is 12.3. The Morgan fingerprint density at radius 2 is 2.00 bits per heavy atom. The van der Waals surface area contributed by atoms with Crippen molar-refractivity contribution in [2.75, 3.05) is 19.0 Å². The summed E-state index contributed by atoms with van der Waals surface area (Å²) in [5, 5.41) is 4.18. The Labute approximate surface area is 175 Å². The third kappa shape index (κ3) is 3.99. The predicted molar refractivity (Wildman–Crippen MR) is 114 cm³/mol. The Kier molecular flexibility index (Phi) is 5.55. The second-order valence-electron chi connectivity index (χ2n) is 6.53. The molecule has 0 radical (unpaired) electrons. The third-order valence-corrected chi connectivity index (χ3v) is 4.83. The van der Waals surface area contributed by atoms with Crippen molar-refractivity contribution in [2.45, 2.75) is 13.0 Å². The van der Waals surface area contributed by atoms with Gasteiger partial charge in [-0.2, -0.15) is 0 Å². The van der Waals surface area contributed by atoms with Gasteiger partial charge in [0, 0.05) is 23.2 Å². The number of benzene rings is 2. The molecule has 0 aliphatic carbocycles. The molecule has 1 N–H and O–H groups in total. The summed E-state index contributed by atoms with van der Waals surface area (Å²) in [5.74, 6) is 0.629. The molecule has 0 bridgehead atoms. The molecule has 0 saturated carbocycles. The zero-order chi connectivity index (χ0) is 20.4. The van der Waals surface area contributed by atoms with Gasteiger partial charge < -0.3 is 14.8 Å². The fourth-order valence-corrected chi connectivity index (χ4v) is 3.56. The number of pyridine rings is 1. The second-order valence-corrected chi connectivity index (χ2v) is 7.44. The first-order valence-electron chi connectivity index (χ1n) is 8.97. The number of methoxy groups -OCH3 is 1. The minimum absolute atomic E-state index is 0.186. The van der Waals surface area contributed by atoms with Crippen molar-refractivity contribution in [2.24, 2.45) is 0 Å². The average Bonchev–Trinajstić information content (AvgIpc) is 2.70. The number of hydrogen-bond acceptors (Lipinski definition) is 6. The van der Waals surface area contributed by atoms with Gasteiger partial charge in [0.2, 0.25) is 0 Å². The van der Waals surface area contributed by atoms with Crippen LogP contribution in [-0.2, 0) is 4.74 Å². The van der Waals surface area contributed by atoms with Crippen LogP contribution in [0.4, 0.5) is 15.9 Å². The van der Waals surface area contributed by atoms with Crippen LogP contribution < -0.4 is 10.1 Å². The van der Waals surface area contributed by atoms with Crippen molar-refractivity contribution >= 4 is 49.2 Å². The van der Waals surface area contributed by atoms with E-state index < -0.39 is 5.82 Å². The minimum atomic E-state index is -0.394. The van der Waals surface area contributed by atoms with E-state index in [1.807, 2.05) is 19.1 Å². The van der Waals surface area contributed by atoms with Gasteiger partial charge in [-0.3, -0.25) is 4.98 Å². The van der Waals surface area contributed by atoms with E-state index in [0.29, 0.717) is 45.7 Å². The molecule has 1 atom stereocenters. The first-order valence-corrected chi connectivity index (χ1v) is 9.76. The fourth-order valence-electron chi connectivity index (χ4n) is 3.13. The maximum Gasteiger partial charge on any atom is 0.156 e. The lowest BCUT2D eigenvalue weighted by Gasteiger charge is -2.18. The van der Waals surface area contributed by atoms with E-state index >= 15 is 4.39 Å². The van der Waals surface area contributed by atoms with Gasteiger partial charge >= 0.3 is 0 Å². The van der Waals surface area contributed by atoms with Crippen LogP contribution >= 0.6 is 15.9 Å². The Balaban J connectivity index is 1.81. The van der Waals surface area contributed by atoms with Crippen molar-refractivity contribution in [3.05, 3.63) is 59.2 Å². The standard InChI is InChI=1S/C21H18BrFN4O2/c1-12(10-28-2)29-18-9-13(22)8-17-19(18)21(26-11-25-17)27-16-6-5-15-14(20(16)23)4-3-7-24-15/h3-9,11-12H,10H2,1-2H3,(H,25,26,27)/t12-/m1/s1. The smallest absolute Gasteiger partial charge is 0.156 e. The van der Waals surface area contributed by atoms with E-state index in [0.717, 1.165) is 4.47 Å². The lowest BCUT2D eigenvalue weighted by atomic mass is 10.1. The first-order chi connectivity index (χ1) is 14.1. The molecule has 0 aliphatic heterocycles. The number of halogens is 2. The second kappa shape index (κ2) is 8.26. The van der Waals surface area contributed by atoms with E-state index in [4.69, 9.17) is 9.47 Å². The highest BCUT2D eigenvalue weighted by atomic mass is 79.9.